The number of nitrogens with zero attached hydrogens (tertiary/aromatic N) is 3. The maximum atomic E-state index is 12.7. The smallest absolute Gasteiger partial charge is 0.410 e. The van der Waals surface area contributed by atoms with E-state index in [4.69, 9.17) is 4.74 Å². The van der Waals surface area contributed by atoms with Crippen molar-refractivity contribution in [2.75, 3.05) is 13.1 Å². The Morgan fingerprint density at radius 1 is 1.31 bits per heavy atom. The summed E-state index contributed by atoms with van der Waals surface area (Å²) in [6.07, 6.45) is 3.07. The molecule has 1 saturated heterocycles. The van der Waals surface area contributed by atoms with Crippen molar-refractivity contribution in [3.63, 3.8) is 0 Å². The van der Waals surface area contributed by atoms with Crippen molar-refractivity contribution < 1.29 is 9.53 Å². The highest BCUT2D eigenvalue weighted by Gasteiger charge is 2.27. The van der Waals surface area contributed by atoms with Crippen molar-refractivity contribution in [2.24, 2.45) is 5.92 Å². The normalized spacial score (nSPS) is 16.1. The molecule has 0 bridgehead atoms. The van der Waals surface area contributed by atoms with Crippen molar-refractivity contribution in [3.05, 3.63) is 39.4 Å². The summed E-state index contributed by atoms with van der Waals surface area (Å²) < 4.78 is 8.02. The second-order valence-corrected chi connectivity index (χ2v) is 8.69. The number of halogens is 1. The summed E-state index contributed by atoms with van der Waals surface area (Å²) >= 11 is 3.40. The van der Waals surface area contributed by atoms with Gasteiger partial charge in [-0.15, -0.1) is 0 Å². The maximum Gasteiger partial charge on any atom is 0.410 e. The van der Waals surface area contributed by atoms with Crippen LogP contribution in [0.2, 0.25) is 0 Å². The summed E-state index contributed by atoms with van der Waals surface area (Å²) in [6.45, 7) is 7.55. The summed E-state index contributed by atoms with van der Waals surface area (Å²) in [7, 11) is 0. The van der Waals surface area contributed by atoms with Crippen molar-refractivity contribution in [2.45, 2.75) is 45.8 Å². The molecule has 1 aliphatic rings. The molecule has 2 heterocycles. The molecule has 1 fully saturated rings. The average Bonchev–Trinajstić information content (AvgIpc) is 2.56. The highest BCUT2D eigenvalue weighted by atomic mass is 79.9. The molecule has 3 rings (SSSR count). The third kappa shape index (κ3) is 4.44. The van der Waals surface area contributed by atoms with Crippen molar-refractivity contribution in [1.29, 1.82) is 0 Å². The molecule has 0 atom stereocenters. The van der Waals surface area contributed by atoms with Crippen LogP contribution < -0.4 is 5.56 Å². The van der Waals surface area contributed by atoms with Crippen LogP contribution in [0.25, 0.3) is 10.9 Å². The molecule has 0 N–H and O–H groups in total. The average molecular weight is 422 g/mol. The number of benzene rings is 1. The zero-order valence-electron chi connectivity index (χ0n) is 15.4. The van der Waals surface area contributed by atoms with Gasteiger partial charge < -0.3 is 9.64 Å². The minimum atomic E-state index is -0.479. The van der Waals surface area contributed by atoms with Crippen LogP contribution in [0, 0.1) is 5.92 Å². The molecule has 0 unspecified atom stereocenters. The van der Waals surface area contributed by atoms with Gasteiger partial charge in [0.1, 0.15) is 5.60 Å². The number of carbonyl (C=O) groups excluding carboxylic acids is 1. The van der Waals surface area contributed by atoms with Crippen LogP contribution in [0.3, 0.4) is 0 Å². The standard InChI is InChI=1S/C19H24BrN3O3/c1-19(2,3)26-18(25)22-8-6-13(7-9-22)11-23-12-21-16-10-14(20)4-5-15(16)17(23)24/h4-5,10,12-13H,6-9,11H2,1-3H3. The number of fused-ring (bicyclic) bond motifs is 1. The first kappa shape index (κ1) is 18.9. The Balaban J connectivity index is 1.64. The van der Waals surface area contributed by atoms with Crippen LogP contribution in [0.5, 0.6) is 0 Å². The lowest BCUT2D eigenvalue weighted by Crippen LogP contribution is -2.42. The molecule has 1 amide bonds. The van der Waals surface area contributed by atoms with E-state index in [9.17, 15) is 9.59 Å². The van der Waals surface area contributed by atoms with E-state index < -0.39 is 5.60 Å². The van der Waals surface area contributed by atoms with Crippen LogP contribution in [0.4, 0.5) is 4.79 Å². The Kier molecular flexibility index (Phi) is 5.37. The summed E-state index contributed by atoms with van der Waals surface area (Å²) in [6, 6.07) is 5.51. The van der Waals surface area contributed by atoms with Gasteiger partial charge in [0.15, 0.2) is 0 Å². The Hall–Kier alpha value is -1.89. The summed E-state index contributed by atoms with van der Waals surface area (Å²) in [4.78, 5) is 31.0. The highest BCUT2D eigenvalue weighted by Crippen LogP contribution is 2.21. The summed E-state index contributed by atoms with van der Waals surface area (Å²) in [5, 5.41) is 0.627. The molecule has 2 aromatic rings. The first-order valence-electron chi connectivity index (χ1n) is 8.85. The first-order valence-corrected chi connectivity index (χ1v) is 9.65. The van der Waals surface area contributed by atoms with Crippen molar-refractivity contribution in [1.82, 2.24) is 14.5 Å². The Labute approximate surface area is 161 Å². The van der Waals surface area contributed by atoms with E-state index in [2.05, 4.69) is 20.9 Å². The fraction of sp³-hybridized carbons (Fsp3) is 0.526. The van der Waals surface area contributed by atoms with Crippen LogP contribution in [0.1, 0.15) is 33.6 Å². The molecule has 7 heteroatoms. The van der Waals surface area contributed by atoms with Crippen molar-refractivity contribution >= 4 is 32.9 Å². The SMILES string of the molecule is CC(C)(C)OC(=O)N1CCC(Cn2cnc3cc(Br)ccc3c2=O)CC1. The number of likely N-dealkylation sites (tertiary alicyclic amines) is 1. The first-order chi connectivity index (χ1) is 12.2. The second kappa shape index (κ2) is 7.39. The predicted molar refractivity (Wildman–Crippen MR) is 104 cm³/mol. The Morgan fingerprint density at radius 2 is 2.00 bits per heavy atom. The molecule has 6 nitrogen and oxygen atoms in total. The number of carbonyl (C=O) groups is 1. The maximum absolute atomic E-state index is 12.7. The van der Waals surface area contributed by atoms with Gasteiger partial charge in [-0.1, -0.05) is 15.9 Å². The monoisotopic (exact) mass is 421 g/mol. The zero-order valence-corrected chi connectivity index (χ0v) is 17.0. The van der Waals surface area contributed by atoms with E-state index in [0.717, 1.165) is 17.3 Å². The summed E-state index contributed by atoms with van der Waals surface area (Å²) in [5.74, 6) is 0.348. The largest absolute Gasteiger partial charge is 0.444 e. The molecule has 0 spiro atoms. The van der Waals surface area contributed by atoms with Gasteiger partial charge in [0.05, 0.1) is 17.2 Å². The van der Waals surface area contributed by atoms with E-state index >= 15 is 0 Å². The number of amides is 1. The Morgan fingerprint density at radius 3 is 2.65 bits per heavy atom. The third-order valence-electron chi connectivity index (χ3n) is 4.51. The molecule has 26 heavy (non-hydrogen) atoms. The number of aromatic nitrogens is 2. The molecule has 0 aliphatic carbocycles. The molecular weight excluding hydrogens is 398 g/mol. The predicted octanol–water partition coefficient (Wildman–Crippen LogP) is 3.81. The van der Waals surface area contributed by atoms with Gasteiger partial charge in [-0.05, 0) is 57.7 Å². The second-order valence-electron chi connectivity index (χ2n) is 7.77. The molecule has 1 aromatic carbocycles. The van der Waals surface area contributed by atoms with Gasteiger partial charge >= 0.3 is 6.09 Å². The molecule has 140 valence electrons. The van der Waals surface area contributed by atoms with Crippen LogP contribution in [0.15, 0.2) is 33.8 Å². The van der Waals surface area contributed by atoms with Gasteiger partial charge in [0, 0.05) is 24.1 Å². The van der Waals surface area contributed by atoms with E-state index in [0.29, 0.717) is 36.5 Å². The van der Waals surface area contributed by atoms with Crippen LogP contribution in [-0.2, 0) is 11.3 Å². The van der Waals surface area contributed by atoms with Crippen molar-refractivity contribution in [3.8, 4) is 0 Å². The molecular formula is C19H24BrN3O3. The fourth-order valence-electron chi connectivity index (χ4n) is 3.16. The molecule has 0 saturated carbocycles. The van der Waals surface area contributed by atoms with Crippen LogP contribution in [-0.4, -0.2) is 39.2 Å². The minimum absolute atomic E-state index is 0.0166. The molecule has 1 aliphatic heterocycles. The number of rotatable bonds is 2. The third-order valence-corrected chi connectivity index (χ3v) is 5.00. The summed E-state index contributed by atoms with van der Waals surface area (Å²) in [5.41, 5.74) is 0.199. The van der Waals surface area contributed by atoms with Gasteiger partial charge in [0.25, 0.3) is 5.56 Å². The fourth-order valence-corrected chi connectivity index (χ4v) is 3.51. The number of hydrogen-bond acceptors (Lipinski definition) is 4. The minimum Gasteiger partial charge on any atom is -0.444 e. The van der Waals surface area contributed by atoms with Gasteiger partial charge in [0.2, 0.25) is 0 Å². The number of ether oxygens (including phenoxy) is 1. The molecule has 0 radical (unpaired) electrons. The number of hydrogen-bond donors (Lipinski definition) is 0. The van der Waals surface area contributed by atoms with E-state index in [1.165, 1.54) is 0 Å². The van der Waals surface area contributed by atoms with E-state index in [1.54, 1.807) is 21.9 Å². The van der Waals surface area contributed by atoms with Gasteiger partial charge in [-0.25, -0.2) is 9.78 Å². The van der Waals surface area contributed by atoms with Crippen LogP contribution >= 0.6 is 15.9 Å². The molecule has 1 aromatic heterocycles. The zero-order chi connectivity index (χ0) is 18.9. The lowest BCUT2D eigenvalue weighted by atomic mass is 9.97. The van der Waals surface area contributed by atoms with Gasteiger partial charge in [-0.3, -0.25) is 9.36 Å². The highest BCUT2D eigenvalue weighted by molar-refractivity contribution is 9.10. The van der Waals surface area contributed by atoms with E-state index in [1.807, 2.05) is 32.9 Å². The Bertz CT molecular complexity index is 864. The number of piperidine rings is 1. The lowest BCUT2D eigenvalue weighted by molar-refractivity contribution is 0.0178. The quantitative estimate of drug-likeness (QED) is 0.739. The van der Waals surface area contributed by atoms with E-state index in [-0.39, 0.29) is 11.7 Å². The lowest BCUT2D eigenvalue weighted by Gasteiger charge is -2.33. The van der Waals surface area contributed by atoms with Gasteiger partial charge in [-0.2, -0.15) is 0 Å². The topological polar surface area (TPSA) is 64.4 Å².